The Kier molecular flexibility index (Phi) is 9.16. The van der Waals surface area contributed by atoms with Crippen molar-refractivity contribution in [1.29, 1.82) is 0 Å². The number of hydrogen-bond acceptors (Lipinski definition) is 3. The molecule has 0 aliphatic heterocycles. The molecule has 0 spiro atoms. The molecule has 2 aromatic carbocycles. The summed E-state index contributed by atoms with van der Waals surface area (Å²) < 4.78 is 42.4. The van der Waals surface area contributed by atoms with Crippen LogP contribution in [0.25, 0.3) is 0 Å². The van der Waals surface area contributed by atoms with Crippen molar-refractivity contribution >= 4 is 29.9 Å². The summed E-state index contributed by atoms with van der Waals surface area (Å²) in [6.07, 6.45) is -0.336. The van der Waals surface area contributed by atoms with E-state index in [2.05, 4.69) is 36.7 Å². The summed E-state index contributed by atoms with van der Waals surface area (Å²) in [4.78, 5) is 8.59. The first-order valence-corrected chi connectivity index (χ1v) is 9.31. The molecule has 0 atom stereocenters. The number of nitrogens with two attached hydrogens (primary N) is 1. The number of imidazole rings is 1. The third kappa shape index (κ3) is 8.48. The number of nitrogens with zero attached hydrogens (tertiary/aromatic N) is 3. The minimum absolute atomic E-state index is 0. The third-order valence-electron chi connectivity index (χ3n) is 4.24. The fourth-order valence-electron chi connectivity index (χ4n) is 2.82. The zero-order valence-corrected chi connectivity index (χ0v) is 18.9. The second kappa shape index (κ2) is 11.6. The smallest absolute Gasteiger partial charge is 0.406 e. The van der Waals surface area contributed by atoms with Gasteiger partial charge in [0.1, 0.15) is 11.6 Å². The standard InChI is InChI=1S/C21H22F3N5O.HI/c22-21(23,24)30-18-8-6-16(7-9-18)14-28-20(25)27-11-10-19-26-12-13-29(19)15-17-4-2-1-3-5-17;/h1-9,12-13H,10-11,14-15H2,(H3,25,27,28);1H. The lowest BCUT2D eigenvalue weighted by Gasteiger charge is -2.10. The molecule has 1 aromatic heterocycles. The number of guanidine groups is 1. The number of alkyl halides is 3. The predicted octanol–water partition coefficient (Wildman–Crippen LogP) is 4.10. The molecule has 0 bridgehead atoms. The van der Waals surface area contributed by atoms with Crippen LogP contribution in [0.4, 0.5) is 13.2 Å². The molecular formula is C21H23F3IN5O. The van der Waals surface area contributed by atoms with Gasteiger partial charge in [-0.25, -0.2) is 9.98 Å². The van der Waals surface area contributed by atoms with E-state index >= 15 is 0 Å². The molecule has 0 amide bonds. The summed E-state index contributed by atoms with van der Waals surface area (Å²) in [6.45, 7) is 1.54. The van der Waals surface area contributed by atoms with Crippen molar-refractivity contribution in [3.8, 4) is 5.75 Å². The van der Waals surface area contributed by atoms with E-state index in [1.807, 2.05) is 24.4 Å². The van der Waals surface area contributed by atoms with Gasteiger partial charge in [0.25, 0.3) is 0 Å². The molecule has 1 heterocycles. The van der Waals surface area contributed by atoms with Crippen LogP contribution in [-0.2, 0) is 19.5 Å². The first-order valence-electron chi connectivity index (χ1n) is 9.31. The van der Waals surface area contributed by atoms with Gasteiger partial charge in [-0.05, 0) is 23.3 Å². The second-order valence-electron chi connectivity index (χ2n) is 6.53. The van der Waals surface area contributed by atoms with E-state index < -0.39 is 6.36 Å². The van der Waals surface area contributed by atoms with E-state index in [0.29, 0.717) is 18.5 Å². The Labute approximate surface area is 195 Å². The Morgan fingerprint density at radius 2 is 1.77 bits per heavy atom. The normalized spacial score (nSPS) is 11.6. The van der Waals surface area contributed by atoms with E-state index in [-0.39, 0.29) is 42.2 Å². The van der Waals surface area contributed by atoms with Crippen molar-refractivity contribution < 1.29 is 17.9 Å². The average molecular weight is 545 g/mol. The molecule has 166 valence electrons. The van der Waals surface area contributed by atoms with Crippen LogP contribution in [0.15, 0.2) is 72.0 Å². The summed E-state index contributed by atoms with van der Waals surface area (Å²) in [5.74, 6) is 0.915. The highest BCUT2D eigenvalue weighted by molar-refractivity contribution is 14.0. The lowest BCUT2D eigenvalue weighted by Crippen LogP contribution is -2.33. The Morgan fingerprint density at radius 1 is 1.06 bits per heavy atom. The van der Waals surface area contributed by atoms with Crippen molar-refractivity contribution in [2.75, 3.05) is 6.54 Å². The first-order chi connectivity index (χ1) is 14.4. The van der Waals surface area contributed by atoms with Crippen LogP contribution < -0.4 is 15.8 Å². The number of hydrogen-bond donors (Lipinski definition) is 2. The number of aromatic nitrogens is 2. The maximum atomic E-state index is 12.2. The minimum atomic E-state index is -4.70. The van der Waals surface area contributed by atoms with Gasteiger partial charge in [-0.3, -0.25) is 0 Å². The largest absolute Gasteiger partial charge is 0.573 e. The van der Waals surface area contributed by atoms with Crippen LogP contribution >= 0.6 is 24.0 Å². The van der Waals surface area contributed by atoms with Crippen LogP contribution in [0.1, 0.15) is 17.0 Å². The number of benzene rings is 2. The molecular weight excluding hydrogens is 522 g/mol. The zero-order valence-electron chi connectivity index (χ0n) is 16.5. The van der Waals surface area contributed by atoms with Crippen LogP contribution in [-0.4, -0.2) is 28.4 Å². The topological polar surface area (TPSA) is 77.5 Å². The Bertz CT molecular complexity index is 959. The molecule has 0 unspecified atom stereocenters. The van der Waals surface area contributed by atoms with Crippen molar-refractivity contribution in [3.63, 3.8) is 0 Å². The predicted molar refractivity (Wildman–Crippen MR) is 123 cm³/mol. The minimum Gasteiger partial charge on any atom is -0.406 e. The molecule has 6 nitrogen and oxygen atoms in total. The van der Waals surface area contributed by atoms with Gasteiger partial charge in [0, 0.05) is 31.9 Å². The second-order valence-corrected chi connectivity index (χ2v) is 6.53. The van der Waals surface area contributed by atoms with Gasteiger partial charge in [0.2, 0.25) is 0 Å². The van der Waals surface area contributed by atoms with Gasteiger partial charge >= 0.3 is 6.36 Å². The maximum Gasteiger partial charge on any atom is 0.573 e. The van der Waals surface area contributed by atoms with Gasteiger partial charge in [-0.1, -0.05) is 42.5 Å². The van der Waals surface area contributed by atoms with Crippen molar-refractivity contribution in [3.05, 3.63) is 83.9 Å². The van der Waals surface area contributed by atoms with Gasteiger partial charge in [-0.2, -0.15) is 0 Å². The van der Waals surface area contributed by atoms with E-state index in [4.69, 9.17) is 5.73 Å². The van der Waals surface area contributed by atoms with E-state index in [1.54, 1.807) is 6.20 Å². The van der Waals surface area contributed by atoms with Crippen LogP contribution in [0.3, 0.4) is 0 Å². The number of halogens is 4. The molecule has 0 fully saturated rings. The lowest BCUT2D eigenvalue weighted by atomic mass is 10.2. The Balaban J connectivity index is 0.00000341. The number of aliphatic imine (C=N–C) groups is 1. The molecule has 31 heavy (non-hydrogen) atoms. The van der Waals surface area contributed by atoms with Gasteiger partial charge in [-0.15, -0.1) is 37.1 Å². The summed E-state index contributed by atoms with van der Waals surface area (Å²) in [7, 11) is 0. The van der Waals surface area contributed by atoms with E-state index in [9.17, 15) is 13.2 Å². The fraction of sp³-hybridized carbons (Fsp3) is 0.238. The SMILES string of the molecule is I.NC(=NCc1ccc(OC(F)(F)F)cc1)NCCc1nccn1Cc1ccccc1. The van der Waals surface area contributed by atoms with Crippen LogP contribution in [0.5, 0.6) is 5.75 Å². The van der Waals surface area contributed by atoms with Crippen molar-refractivity contribution in [2.24, 2.45) is 10.7 Å². The molecule has 3 N–H and O–H groups in total. The number of ether oxygens (including phenoxy) is 1. The quantitative estimate of drug-likeness (QED) is 0.254. The first kappa shape index (κ1) is 24.5. The summed E-state index contributed by atoms with van der Waals surface area (Å²) in [5, 5.41) is 3.03. The highest BCUT2D eigenvalue weighted by Crippen LogP contribution is 2.22. The average Bonchev–Trinajstić information content (AvgIpc) is 3.14. The highest BCUT2D eigenvalue weighted by Gasteiger charge is 2.30. The summed E-state index contributed by atoms with van der Waals surface area (Å²) in [6, 6.07) is 15.6. The molecule has 0 saturated heterocycles. The lowest BCUT2D eigenvalue weighted by molar-refractivity contribution is -0.274. The summed E-state index contributed by atoms with van der Waals surface area (Å²) >= 11 is 0. The fourth-order valence-corrected chi connectivity index (χ4v) is 2.82. The molecule has 3 rings (SSSR count). The third-order valence-corrected chi connectivity index (χ3v) is 4.24. The van der Waals surface area contributed by atoms with E-state index in [1.165, 1.54) is 29.8 Å². The molecule has 0 radical (unpaired) electrons. The van der Waals surface area contributed by atoms with Gasteiger partial charge in [0.05, 0.1) is 6.54 Å². The molecule has 0 saturated carbocycles. The maximum absolute atomic E-state index is 12.2. The zero-order chi connectivity index (χ0) is 21.4. The molecule has 10 heteroatoms. The monoisotopic (exact) mass is 545 g/mol. The number of nitrogens with one attached hydrogen (secondary N) is 1. The Morgan fingerprint density at radius 3 is 2.45 bits per heavy atom. The molecule has 0 aliphatic carbocycles. The van der Waals surface area contributed by atoms with Crippen molar-refractivity contribution in [1.82, 2.24) is 14.9 Å². The Hall–Kier alpha value is -2.76. The van der Waals surface area contributed by atoms with Crippen LogP contribution in [0, 0.1) is 0 Å². The summed E-state index contributed by atoms with van der Waals surface area (Å²) in [5.41, 5.74) is 7.78. The molecule has 0 aliphatic rings. The van der Waals surface area contributed by atoms with Crippen molar-refractivity contribution in [2.45, 2.75) is 25.9 Å². The van der Waals surface area contributed by atoms with E-state index in [0.717, 1.165) is 12.4 Å². The van der Waals surface area contributed by atoms with Gasteiger partial charge < -0.3 is 20.4 Å². The molecule has 3 aromatic rings. The highest BCUT2D eigenvalue weighted by atomic mass is 127. The number of rotatable bonds is 8. The van der Waals surface area contributed by atoms with Gasteiger partial charge in [0.15, 0.2) is 5.96 Å². The van der Waals surface area contributed by atoms with Crippen LogP contribution in [0.2, 0.25) is 0 Å².